The Morgan fingerprint density at radius 3 is 2.83 bits per heavy atom. The molecule has 2 bridgehead atoms. The third kappa shape index (κ3) is 1.08. The summed E-state index contributed by atoms with van der Waals surface area (Å²) in [6.07, 6.45) is 2.90. The van der Waals surface area contributed by atoms with Gasteiger partial charge in [-0.2, -0.15) is 0 Å². The molecule has 0 unspecified atom stereocenters. The van der Waals surface area contributed by atoms with Gasteiger partial charge in [-0.15, -0.1) is 0 Å². The lowest BCUT2D eigenvalue weighted by atomic mass is 9.88. The lowest BCUT2D eigenvalue weighted by Crippen LogP contribution is -2.50. The second-order valence-corrected chi connectivity index (χ2v) is 4.11. The minimum atomic E-state index is -0.274. The number of aliphatic hydroxyl groups excluding tert-OH is 2. The number of aliphatic hydroxyl groups is 2. The van der Waals surface area contributed by atoms with Crippen molar-refractivity contribution in [3.8, 4) is 0 Å². The molecule has 0 aliphatic carbocycles. The van der Waals surface area contributed by atoms with E-state index in [1.54, 1.807) is 0 Å². The molecule has 12 heavy (non-hydrogen) atoms. The zero-order valence-electron chi connectivity index (χ0n) is 7.48. The SMILES string of the molecule is CN1[C@@H]2CC[C@@H]1[C@H](CO)[C@H](O)C2. The summed E-state index contributed by atoms with van der Waals surface area (Å²) < 4.78 is 0. The number of piperidine rings is 1. The molecule has 70 valence electrons. The van der Waals surface area contributed by atoms with Crippen molar-refractivity contribution in [2.75, 3.05) is 13.7 Å². The van der Waals surface area contributed by atoms with Gasteiger partial charge in [-0.05, 0) is 26.3 Å². The molecule has 0 amide bonds. The predicted octanol–water partition coefficient (Wildman–Crippen LogP) is -0.178. The van der Waals surface area contributed by atoms with Gasteiger partial charge < -0.3 is 10.2 Å². The number of fused-ring (bicyclic) bond motifs is 2. The number of nitrogens with zero attached hydrogens (tertiary/aromatic N) is 1. The summed E-state index contributed by atoms with van der Waals surface area (Å²) in [5, 5.41) is 18.8. The van der Waals surface area contributed by atoms with Crippen molar-refractivity contribution in [1.82, 2.24) is 4.90 Å². The van der Waals surface area contributed by atoms with Gasteiger partial charge in [0.2, 0.25) is 0 Å². The van der Waals surface area contributed by atoms with Gasteiger partial charge in [0.05, 0.1) is 6.10 Å². The van der Waals surface area contributed by atoms with Crippen molar-refractivity contribution in [3.05, 3.63) is 0 Å². The summed E-state index contributed by atoms with van der Waals surface area (Å²) >= 11 is 0. The van der Waals surface area contributed by atoms with Crippen molar-refractivity contribution in [2.24, 2.45) is 5.92 Å². The molecule has 4 atom stereocenters. The van der Waals surface area contributed by atoms with Gasteiger partial charge in [0.25, 0.3) is 0 Å². The Morgan fingerprint density at radius 1 is 1.42 bits per heavy atom. The molecular formula is C9H17NO2. The maximum Gasteiger partial charge on any atom is 0.0620 e. The van der Waals surface area contributed by atoms with E-state index < -0.39 is 0 Å². The average molecular weight is 171 g/mol. The van der Waals surface area contributed by atoms with Gasteiger partial charge in [0, 0.05) is 24.6 Å². The van der Waals surface area contributed by atoms with E-state index in [-0.39, 0.29) is 18.6 Å². The Kier molecular flexibility index (Phi) is 2.10. The average Bonchev–Trinajstić information content (AvgIpc) is 2.34. The standard InChI is InChI=1S/C9H17NO2/c1-10-6-2-3-8(10)7(5-11)9(12)4-6/h6-9,11-12H,2-5H2,1H3/t6-,7+,8-,9-/m1/s1. The van der Waals surface area contributed by atoms with Gasteiger partial charge in [0.15, 0.2) is 0 Å². The van der Waals surface area contributed by atoms with Crippen LogP contribution in [0.2, 0.25) is 0 Å². The van der Waals surface area contributed by atoms with Gasteiger partial charge in [-0.25, -0.2) is 0 Å². The number of hydrogen-bond donors (Lipinski definition) is 2. The van der Waals surface area contributed by atoms with E-state index in [0.29, 0.717) is 12.1 Å². The zero-order chi connectivity index (χ0) is 8.72. The zero-order valence-corrected chi connectivity index (χ0v) is 7.48. The molecule has 0 aromatic heterocycles. The molecule has 0 aromatic rings. The van der Waals surface area contributed by atoms with Crippen molar-refractivity contribution in [3.63, 3.8) is 0 Å². The summed E-state index contributed by atoms with van der Waals surface area (Å²) in [5.41, 5.74) is 0. The van der Waals surface area contributed by atoms with Crippen LogP contribution < -0.4 is 0 Å². The van der Waals surface area contributed by atoms with Crippen LogP contribution in [0.1, 0.15) is 19.3 Å². The normalized spacial score (nSPS) is 48.2. The Bertz CT molecular complexity index is 174. The van der Waals surface area contributed by atoms with Crippen LogP contribution in [0.5, 0.6) is 0 Å². The smallest absolute Gasteiger partial charge is 0.0620 e. The van der Waals surface area contributed by atoms with Crippen LogP contribution in [-0.2, 0) is 0 Å². The van der Waals surface area contributed by atoms with E-state index in [4.69, 9.17) is 5.11 Å². The molecule has 2 N–H and O–H groups in total. The topological polar surface area (TPSA) is 43.7 Å². The molecular weight excluding hydrogens is 154 g/mol. The molecule has 2 aliphatic heterocycles. The highest BCUT2D eigenvalue weighted by molar-refractivity contribution is 4.98. The van der Waals surface area contributed by atoms with Crippen LogP contribution in [-0.4, -0.2) is 47.0 Å². The fourth-order valence-electron chi connectivity index (χ4n) is 2.79. The van der Waals surface area contributed by atoms with Gasteiger partial charge in [0.1, 0.15) is 0 Å². The van der Waals surface area contributed by atoms with Gasteiger partial charge >= 0.3 is 0 Å². The quantitative estimate of drug-likeness (QED) is 0.575. The van der Waals surface area contributed by atoms with Crippen molar-refractivity contribution in [1.29, 1.82) is 0 Å². The maximum absolute atomic E-state index is 9.68. The summed E-state index contributed by atoms with van der Waals surface area (Å²) in [5.74, 6) is 0.0914. The molecule has 2 fully saturated rings. The molecule has 0 radical (unpaired) electrons. The van der Waals surface area contributed by atoms with Crippen molar-refractivity contribution >= 4 is 0 Å². The molecule has 0 saturated carbocycles. The molecule has 2 saturated heterocycles. The number of rotatable bonds is 1. The molecule has 2 rings (SSSR count). The van der Waals surface area contributed by atoms with Crippen LogP contribution in [0.25, 0.3) is 0 Å². The lowest BCUT2D eigenvalue weighted by Gasteiger charge is -2.39. The monoisotopic (exact) mass is 171 g/mol. The first kappa shape index (κ1) is 8.48. The molecule has 3 nitrogen and oxygen atoms in total. The van der Waals surface area contributed by atoms with E-state index in [1.165, 1.54) is 6.42 Å². The fraction of sp³-hybridized carbons (Fsp3) is 1.00. The van der Waals surface area contributed by atoms with Crippen LogP contribution in [0, 0.1) is 5.92 Å². The molecule has 0 aromatic carbocycles. The van der Waals surface area contributed by atoms with E-state index in [1.807, 2.05) is 0 Å². The lowest BCUT2D eigenvalue weighted by molar-refractivity contribution is -0.0300. The Morgan fingerprint density at radius 2 is 2.17 bits per heavy atom. The highest BCUT2D eigenvalue weighted by Crippen LogP contribution is 2.37. The van der Waals surface area contributed by atoms with Crippen LogP contribution in [0.15, 0.2) is 0 Å². The number of hydrogen-bond acceptors (Lipinski definition) is 3. The largest absolute Gasteiger partial charge is 0.396 e. The third-order valence-corrected chi connectivity index (χ3v) is 3.61. The van der Waals surface area contributed by atoms with Crippen LogP contribution in [0.3, 0.4) is 0 Å². The minimum absolute atomic E-state index is 0.0914. The first-order chi connectivity index (χ1) is 5.74. The first-order valence-corrected chi connectivity index (χ1v) is 4.75. The second kappa shape index (κ2) is 2.98. The first-order valence-electron chi connectivity index (χ1n) is 4.75. The second-order valence-electron chi connectivity index (χ2n) is 4.11. The summed E-state index contributed by atoms with van der Waals surface area (Å²) in [7, 11) is 2.11. The molecule has 3 heteroatoms. The third-order valence-electron chi connectivity index (χ3n) is 3.61. The van der Waals surface area contributed by atoms with E-state index >= 15 is 0 Å². The molecule has 2 heterocycles. The molecule has 2 aliphatic rings. The molecule has 0 spiro atoms. The highest BCUT2D eigenvalue weighted by atomic mass is 16.3. The summed E-state index contributed by atoms with van der Waals surface area (Å²) in [6, 6.07) is 0.983. The van der Waals surface area contributed by atoms with Crippen LogP contribution in [0.4, 0.5) is 0 Å². The maximum atomic E-state index is 9.68. The van der Waals surface area contributed by atoms with E-state index in [9.17, 15) is 5.11 Å². The van der Waals surface area contributed by atoms with E-state index in [0.717, 1.165) is 12.8 Å². The predicted molar refractivity (Wildman–Crippen MR) is 45.8 cm³/mol. The van der Waals surface area contributed by atoms with E-state index in [2.05, 4.69) is 11.9 Å². The Balaban J connectivity index is 2.14. The van der Waals surface area contributed by atoms with Crippen molar-refractivity contribution in [2.45, 2.75) is 37.5 Å². The highest BCUT2D eigenvalue weighted by Gasteiger charge is 2.44. The summed E-state index contributed by atoms with van der Waals surface area (Å²) in [6.45, 7) is 0.128. The van der Waals surface area contributed by atoms with Gasteiger partial charge in [-0.3, -0.25) is 4.90 Å². The van der Waals surface area contributed by atoms with Crippen LogP contribution >= 0.6 is 0 Å². The Hall–Kier alpha value is -0.120. The fourth-order valence-corrected chi connectivity index (χ4v) is 2.79. The minimum Gasteiger partial charge on any atom is -0.396 e. The summed E-state index contributed by atoms with van der Waals surface area (Å²) in [4.78, 5) is 2.33. The van der Waals surface area contributed by atoms with Crippen molar-refractivity contribution < 1.29 is 10.2 Å². The Labute approximate surface area is 73.0 Å². The van der Waals surface area contributed by atoms with Gasteiger partial charge in [-0.1, -0.05) is 0 Å².